The lowest BCUT2D eigenvalue weighted by Gasteiger charge is -2.46. The lowest BCUT2D eigenvalue weighted by atomic mass is 9.89. The molecule has 7 nitrogen and oxygen atoms in total. The van der Waals surface area contributed by atoms with E-state index in [2.05, 4.69) is 0 Å². The van der Waals surface area contributed by atoms with Crippen LogP contribution in [0.1, 0.15) is 13.8 Å². The quantitative estimate of drug-likeness (QED) is 0.808. The Balaban J connectivity index is 1.85. The van der Waals surface area contributed by atoms with Crippen LogP contribution in [0.15, 0.2) is 39.5 Å². The summed E-state index contributed by atoms with van der Waals surface area (Å²) in [6.07, 6.45) is -4.16. The Morgan fingerprint density at radius 1 is 1.12 bits per heavy atom. The summed E-state index contributed by atoms with van der Waals surface area (Å²) in [6.45, 7) is 3.50. The highest BCUT2D eigenvalue weighted by Crippen LogP contribution is 2.33. The van der Waals surface area contributed by atoms with E-state index in [1.165, 1.54) is 13.2 Å². The topological polar surface area (TPSA) is 98.4 Å². The van der Waals surface area contributed by atoms with E-state index in [9.17, 15) is 15.0 Å². The molecule has 0 amide bonds. The van der Waals surface area contributed by atoms with Crippen molar-refractivity contribution in [3.63, 3.8) is 0 Å². The molecule has 2 N–H and O–H groups in total. The smallest absolute Gasteiger partial charge is 0.336 e. The molecule has 0 radical (unpaired) electrons. The van der Waals surface area contributed by atoms with Crippen LogP contribution in [0.2, 0.25) is 0 Å². The number of fused-ring (bicyclic) bond motifs is 1. The van der Waals surface area contributed by atoms with Crippen LogP contribution in [0.25, 0.3) is 11.0 Å². The fourth-order valence-electron chi connectivity index (χ4n) is 2.96. The molecule has 7 heteroatoms. The van der Waals surface area contributed by atoms with Gasteiger partial charge in [-0.2, -0.15) is 0 Å². The summed E-state index contributed by atoms with van der Waals surface area (Å²) >= 11 is 0. The van der Waals surface area contributed by atoms with E-state index in [4.69, 9.17) is 18.6 Å². The van der Waals surface area contributed by atoms with Crippen molar-refractivity contribution in [2.75, 3.05) is 7.11 Å². The van der Waals surface area contributed by atoms with Crippen LogP contribution in [0.3, 0.4) is 0 Å². The molecule has 24 heavy (non-hydrogen) atoms. The Bertz CT molecular complexity index is 782. The van der Waals surface area contributed by atoms with Crippen molar-refractivity contribution >= 4 is 11.0 Å². The highest BCUT2D eigenvalue weighted by Gasteiger charge is 2.50. The molecule has 4 atom stereocenters. The minimum atomic E-state index is -1.27. The Hall–Kier alpha value is -1.93. The molecular weight excluding hydrogens is 316 g/mol. The molecule has 1 aliphatic rings. The van der Waals surface area contributed by atoms with Gasteiger partial charge < -0.3 is 28.8 Å². The summed E-state index contributed by atoms with van der Waals surface area (Å²) in [7, 11) is 1.45. The molecule has 0 spiro atoms. The van der Waals surface area contributed by atoms with Crippen molar-refractivity contribution in [2.45, 2.75) is 44.1 Å². The Labute approximate surface area is 138 Å². The third-order valence-electron chi connectivity index (χ3n) is 4.14. The molecule has 2 heterocycles. The second-order valence-corrected chi connectivity index (χ2v) is 6.30. The molecule has 130 valence electrons. The molecule has 0 bridgehead atoms. The molecule has 3 rings (SSSR count). The summed E-state index contributed by atoms with van der Waals surface area (Å²) < 4.78 is 21.7. The van der Waals surface area contributed by atoms with Gasteiger partial charge in [0.25, 0.3) is 0 Å². The van der Waals surface area contributed by atoms with Crippen molar-refractivity contribution in [1.29, 1.82) is 0 Å². The van der Waals surface area contributed by atoms with E-state index in [0.29, 0.717) is 16.7 Å². The van der Waals surface area contributed by atoms with Gasteiger partial charge in [-0.1, -0.05) is 0 Å². The molecule has 2 aromatic rings. The molecule has 1 aliphatic heterocycles. The van der Waals surface area contributed by atoms with Crippen molar-refractivity contribution in [1.82, 2.24) is 0 Å². The molecule has 1 unspecified atom stereocenters. The van der Waals surface area contributed by atoms with Crippen LogP contribution < -0.4 is 10.4 Å². The third-order valence-corrected chi connectivity index (χ3v) is 4.14. The van der Waals surface area contributed by atoms with Gasteiger partial charge in [-0.25, -0.2) is 4.79 Å². The van der Waals surface area contributed by atoms with E-state index in [1.54, 1.807) is 38.1 Å². The van der Waals surface area contributed by atoms with E-state index in [0.717, 1.165) is 0 Å². The Morgan fingerprint density at radius 2 is 1.88 bits per heavy atom. The summed E-state index contributed by atoms with van der Waals surface area (Å²) in [5.74, 6) is 0.416. The monoisotopic (exact) mass is 336 g/mol. The maximum atomic E-state index is 11.2. The zero-order valence-corrected chi connectivity index (χ0v) is 13.6. The van der Waals surface area contributed by atoms with Gasteiger partial charge >= 0.3 is 5.63 Å². The first-order chi connectivity index (χ1) is 11.3. The van der Waals surface area contributed by atoms with Gasteiger partial charge in [-0.15, -0.1) is 0 Å². The van der Waals surface area contributed by atoms with Crippen LogP contribution in [0, 0.1) is 0 Å². The van der Waals surface area contributed by atoms with Gasteiger partial charge in [0.1, 0.15) is 29.6 Å². The minimum Gasteiger partial charge on any atom is -0.462 e. The van der Waals surface area contributed by atoms with Gasteiger partial charge in [0.05, 0.1) is 5.60 Å². The van der Waals surface area contributed by atoms with E-state index in [1.807, 2.05) is 0 Å². The first kappa shape index (κ1) is 16.9. The van der Waals surface area contributed by atoms with Gasteiger partial charge in [-0.3, -0.25) is 0 Å². The first-order valence-electron chi connectivity index (χ1n) is 7.59. The maximum Gasteiger partial charge on any atom is 0.336 e. The van der Waals surface area contributed by atoms with E-state index < -0.39 is 35.8 Å². The highest BCUT2D eigenvalue weighted by atomic mass is 16.7. The number of methoxy groups -OCH3 is 1. The predicted molar refractivity (Wildman–Crippen MR) is 84.9 cm³/mol. The Kier molecular flexibility index (Phi) is 4.35. The number of hydrogen-bond acceptors (Lipinski definition) is 7. The summed E-state index contributed by atoms with van der Waals surface area (Å²) in [6, 6.07) is 7.79. The average molecular weight is 336 g/mol. The van der Waals surface area contributed by atoms with Crippen molar-refractivity contribution < 1.29 is 28.8 Å². The SMILES string of the molecule is CO[C@@H]1[C@@H](O)[C@H](O)C(Oc2ccc3oc(=O)ccc3c2)OC1(C)C. The van der Waals surface area contributed by atoms with Crippen LogP contribution in [0.4, 0.5) is 0 Å². The molecule has 1 aromatic carbocycles. The average Bonchev–Trinajstić information content (AvgIpc) is 2.52. The number of rotatable bonds is 3. The molecule has 1 aromatic heterocycles. The second-order valence-electron chi connectivity index (χ2n) is 6.30. The van der Waals surface area contributed by atoms with Crippen molar-refractivity contribution in [3.05, 3.63) is 40.8 Å². The van der Waals surface area contributed by atoms with E-state index in [-0.39, 0.29) is 0 Å². The first-order valence-corrected chi connectivity index (χ1v) is 7.59. The molecule has 1 saturated heterocycles. The number of ether oxygens (including phenoxy) is 3. The standard InChI is InChI=1S/C17H20O7/c1-17(2)15(21-3)13(19)14(20)16(24-17)22-10-5-6-11-9(8-10)4-7-12(18)23-11/h4-8,13-16,19-20H,1-3H3/t13-,14-,15+,16?/m0/s1. The van der Waals surface area contributed by atoms with Crippen molar-refractivity contribution in [2.24, 2.45) is 0 Å². The third kappa shape index (κ3) is 3.03. The maximum absolute atomic E-state index is 11.2. The highest BCUT2D eigenvalue weighted by molar-refractivity contribution is 5.77. The van der Waals surface area contributed by atoms with Gasteiger partial charge in [0.15, 0.2) is 0 Å². The molecule has 0 saturated carbocycles. The van der Waals surface area contributed by atoms with Crippen LogP contribution in [0.5, 0.6) is 5.75 Å². The van der Waals surface area contributed by atoms with Crippen LogP contribution >= 0.6 is 0 Å². The summed E-state index contributed by atoms with van der Waals surface area (Å²) in [5.41, 5.74) is -0.848. The molecule has 1 fully saturated rings. The largest absolute Gasteiger partial charge is 0.462 e. The number of benzene rings is 1. The molecule has 0 aliphatic carbocycles. The zero-order chi connectivity index (χ0) is 17.5. The lowest BCUT2D eigenvalue weighted by Crippen LogP contribution is -2.63. The summed E-state index contributed by atoms with van der Waals surface area (Å²) in [4.78, 5) is 11.2. The Morgan fingerprint density at radius 3 is 2.58 bits per heavy atom. The van der Waals surface area contributed by atoms with Crippen molar-refractivity contribution in [3.8, 4) is 5.75 Å². The predicted octanol–water partition coefficient (Wildman–Crippen LogP) is 1.04. The number of aliphatic hydroxyl groups is 2. The minimum absolute atomic E-state index is 0.416. The van der Waals surface area contributed by atoms with Crippen LogP contribution in [-0.4, -0.2) is 47.5 Å². The van der Waals surface area contributed by atoms with Gasteiger partial charge in [0, 0.05) is 18.6 Å². The molecular formula is C17H20O7. The van der Waals surface area contributed by atoms with E-state index >= 15 is 0 Å². The number of aliphatic hydroxyl groups excluding tert-OH is 2. The van der Waals surface area contributed by atoms with Crippen LogP contribution in [-0.2, 0) is 9.47 Å². The fourth-order valence-corrected chi connectivity index (χ4v) is 2.96. The van der Waals surface area contributed by atoms with Gasteiger partial charge in [0.2, 0.25) is 6.29 Å². The number of hydrogen-bond donors (Lipinski definition) is 2. The fraction of sp³-hybridized carbons (Fsp3) is 0.471. The normalized spacial score (nSPS) is 29.5. The lowest BCUT2D eigenvalue weighted by molar-refractivity contribution is -0.305. The van der Waals surface area contributed by atoms with Gasteiger partial charge in [-0.05, 0) is 38.1 Å². The zero-order valence-electron chi connectivity index (χ0n) is 13.6. The summed E-state index contributed by atoms with van der Waals surface area (Å²) in [5, 5.41) is 21.2. The second kappa shape index (κ2) is 6.18.